The van der Waals surface area contributed by atoms with Gasteiger partial charge >= 0.3 is 12.1 Å². The number of aromatic nitrogens is 2. The fourth-order valence-electron chi connectivity index (χ4n) is 6.39. The van der Waals surface area contributed by atoms with Gasteiger partial charge in [0.05, 0.1) is 31.6 Å². The molecule has 2 aliphatic heterocycles. The molecule has 0 aromatic carbocycles. The van der Waals surface area contributed by atoms with Crippen molar-refractivity contribution in [2.75, 3.05) is 62.8 Å². The van der Waals surface area contributed by atoms with E-state index >= 15 is 0 Å². The first-order valence-corrected chi connectivity index (χ1v) is 15.5. The fourth-order valence-corrected chi connectivity index (χ4v) is 7.69. The highest BCUT2D eigenvalue weighted by Gasteiger charge is 2.51. The number of thiophene rings is 1. The lowest BCUT2D eigenvalue weighted by atomic mass is 9.66. The molecular formula is C30H37N7O4S. The van der Waals surface area contributed by atoms with Gasteiger partial charge in [0.25, 0.3) is 0 Å². The van der Waals surface area contributed by atoms with Gasteiger partial charge in [-0.05, 0) is 58.4 Å². The van der Waals surface area contributed by atoms with Crippen molar-refractivity contribution < 1.29 is 19.0 Å². The molecule has 6 rings (SSSR count). The molecule has 1 N–H and O–H groups in total. The Morgan fingerprint density at radius 2 is 1.95 bits per heavy atom. The predicted octanol–water partition coefficient (Wildman–Crippen LogP) is 4.21. The summed E-state index contributed by atoms with van der Waals surface area (Å²) in [6.07, 6.45) is 6.01. The molecule has 11 nitrogen and oxygen atoms in total. The summed E-state index contributed by atoms with van der Waals surface area (Å²) in [6.45, 7) is 11.7. The molecule has 2 aliphatic carbocycles. The van der Waals surface area contributed by atoms with Crippen molar-refractivity contribution in [3.63, 3.8) is 0 Å². The van der Waals surface area contributed by atoms with E-state index in [-0.39, 0.29) is 10.8 Å². The summed E-state index contributed by atoms with van der Waals surface area (Å²) in [5.41, 5.74) is 1.20. The number of nitriles is 2. The number of hydrogen-bond acceptors (Lipinski definition) is 11. The summed E-state index contributed by atoms with van der Waals surface area (Å²) < 4.78 is 17.0. The minimum absolute atomic E-state index is 0.131. The van der Waals surface area contributed by atoms with E-state index in [1.54, 1.807) is 6.20 Å². The van der Waals surface area contributed by atoms with Crippen molar-refractivity contribution in [3.05, 3.63) is 27.8 Å². The van der Waals surface area contributed by atoms with Gasteiger partial charge in [0.1, 0.15) is 28.3 Å². The molecule has 2 aromatic rings. The molecule has 0 radical (unpaired) electrons. The van der Waals surface area contributed by atoms with E-state index < -0.39 is 11.7 Å². The van der Waals surface area contributed by atoms with Crippen molar-refractivity contribution >= 4 is 28.2 Å². The monoisotopic (exact) mass is 591 g/mol. The first kappa shape index (κ1) is 28.7. The molecule has 0 unspecified atom stereocenters. The van der Waals surface area contributed by atoms with Gasteiger partial charge in [-0.1, -0.05) is 0 Å². The molecule has 1 amide bonds. The summed E-state index contributed by atoms with van der Waals surface area (Å²) in [5, 5.41) is 23.3. The van der Waals surface area contributed by atoms with Crippen molar-refractivity contribution in [2.24, 2.45) is 5.41 Å². The third kappa shape index (κ3) is 5.76. The van der Waals surface area contributed by atoms with Crippen LogP contribution >= 0.6 is 11.3 Å². The maximum Gasteiger partial charge on any atom is 0.412 e. The highest BCUT2D eigenvalue weighted by Crippen LogP contribution is 2.52. The number of anilines is 2. The predicted molar refractivity (Wildman–Crippen MR) is 157 cm³/mol. The van der Waals surface area contributed by atoms with Gasteiger partial charge in [-0.3, -0.25) is 10.2 Å². The largest absolute Gasteiger partial charge is 0.463 e. The zero-order valence-electron chi connectivity index (χ0n) is 24.5. The quantitative estimate of drug-likeness (QED) is 0.498. The molecule has 12 heteroatoms. The first-order chi connectivity index (χ1) is 20.1. The van der Waals surface area contributed by atoms with Crippen LogP contribution < -0.4 is 15.0 Å². The van der Waals surface area contributed by atoms with Crippen LogP contribution in [0, 0.1) is 28.1 Å². The molecule has 0 atom stereocenters. The van der Waals surface area contributed by atoms with Gasteiger partial charge in [0, 0.05) is 48.4 Å². The topological polar surface area (TPSA) is 137 Å². The van der Waals surface area contributed by atoms with Crippen LogP contribution in [0.2, 0.25) is 0 Å². The third-order valence-electron chi connectivity index (χ3n) is 8.58. The smallest absolute Gasteiger partial charge is 0.412 e. The highest BCUT2D eigenvalue weighted by atomic mass is 32.1. The molecule has 42 heavy (non-hydrogen) atoms. The van der Waals surface area contributed by atoms with E-state index in [9.17, 15) is 15.3 Å². The lowest BCUT2D eigenvalue weighted by Gasteiger charge is -2.53. The molecular weight excluding hydrogens is 554 g/mol. The number of hydrogen-bond donors (Lipinski definition) is 1. The summed E-state index contributed by atoms with van der Waals surface area (Å²) in [6, 6.07) is 4.89. The Hall–Kier alpha value is -3.45. The highest BCUT2D eigenvalue weighted by molar-refractivity contribution is 7.16. The standard InChI is InChI=1S/C30H37N7O4S/c1-28(2,3)41-27(38)35-25-21(14-32)23-22(42-25)5-4-6-30(23)17-37(18-30)24-20(13-31)15-33-26(34-24)40-19-29(7-8-29)16-36-9-11-39-12-10-36/h15H,4-12,16-19H2,1-3H3,(H,35,38). The normalized spacial score (nSPS) is 20.5. The molecule has 4 aliphatic rings. The van der Waals surface area contributed by atoms with Gasteiger partial charge in [-0.15, -0.1) is 11.3 Å². The van der Waals surface area contributed by atoms with Crippen molar-refractivity contribution in [1.82, 2.24) is 14.9 Å². The average Bonchev–Trinajstić information content (AvgIpc) is 3.60. The van der Waals surface area contributed by atoms with Crippen LogP contribution in [0.3, 0.4) is 0 Å². The average molecular weight is 592 g/mol. The van der Waals surface area contributed by atoms with Gasteiger partial charge in [-0.2, -0.15) is 15.5 Å². The molecule has 0 bridgehead atoms. The number of morpholine rings is 1. The number of aryl methyl sites for hydroxylation is 1. The summed E-state index contributed by atoms with van der Waals surface area (Å²) in [5.74, 6) is 0.569. The molecule has 3 fully saturated rings. The minimum atomic E-state index is -0.635. The summed E-state index contributed by atoms with van der Waals surface area (Å²) >= 11 is 1.47. The third-order valence-corrected chi connectivity index (χ3v) is 9.74. The zero-order chi connectivity index (χ0) is 29.5. The van der Waals surface area contributed by atoms with E-state index in [0.29, 0.717) is 47.7 Å². The Morgan fingerprint density at radius 1 is 1.19 bits per heavy atom. The van der Waals surface area contributed by atoms with Crippen molar-refractivity contribution in [3.8, 4) is 18.1 Å². The lowest BCUT2D eigenvalue weighted by molar-refractivity contribution is 0.0231. The van der Waals surface area contributed by atoms with Crippen LogP contribution in [0.15, 0.2) is 6.20 Å². The molecule has 1 spiro atoms. The number of amides is 1. The van der Waals surface area contributed by atoms with Gasteiger partial charge in [0.2, 0.25) is 0 Å². The van der Waals surface area contributed by atoms with Crippen LogP contribution in [-0.4, -0.2) is 79.1 Å². The van der Waals surface area contributed by atoms with E-state index in [1.165, 1.54) is 11.3 Å². The molecule has 2 saturated heterocycles. The van der Waals surface area contributed by atoms with Crippen molar-refractivity contribution in [1.29, 1.82) is 10.5 Å². The Balaban J connectivity index is 1.16. The van der Waals surface area contributed by atoms with E-state index in [1.807, 2.05) is 20.8 Å². The van der Waals surface area contributed by atoms with Crippen molar-refractivity contribution in [2.45, 2.75) is 63.9 Å². The van der Waals surface area contributed by atoms with Gasteiger partial charge < -0.3 is 19.1 Å². The molecule has 222 valence electrons. The maximum atomic E-state index is 12.5. The Labute approximate surface area is 250 Å². The number of nitrogens with zero attached hydrogens (tertiary/aromatic N) is 6. The van der Waals surface area contributed by atoms with E-state index in [2.05, 4.69) is 32.2 Å². The molecule has 4 heterocycles. The second-order valence-electron chi connectivity index (χ2n) is 13.0. The minimum Gasteiger partial charge on any atom is -0.463 e. The molecule has 2 aromatic heterocycles. The van der Waals surface area contributed by atoms with E-state index in [0.717, 1.165) is 75.4 Å². The summed E-state index contributed by atoms with van der Waals surface area (Å²) in [4.78, 5) is 27.2. The number of nitrogens with one attached hydrogen (secondary N) is 1. The van der Waals surface area contributed by atoms with E-state index in [4.69, 9.17) is 19.2 Å². The molecule has 1 saturated carbocycles. The van der Waals surface area contributed by atoms with Crippen LogP contribution in [-0.2, 0) is 21.3 Å². The lowest BCUT2D eigenvalue weighted by Crippen LogP contribution is -2.61. The Morgan fingerprint density at radius 3 is 2.62 bits per heavy atom. The van der Waals surface area contributed by atoms with Crippen LogP contribution in [0.25, 0.3) is 0 Å². The summed E-state index contributed by atoms with van der Waals surface area (Å²) in [7, 11) is 0. The first-order valence-electron chi connectivity index (χ1n) is 14.6. The van der Waals surface area contributed by atoms with Crippen LogP contribution in [0.4, 0.5) is 15.6 Å². The fraction of sp³-hybridized carbons (Fsp3) is 0.633. The maximum absolute atomic E-state index is 12.5. The second-order valence-corrected chi connectivity index (χ2v) is 14.1. The second kappa shape index (κ2) is 11.0. The number of rotatable bonds is 7. The zero-order valence-corrected chi connectivity index (χ0v) is 25.3. The van der Waals surface area contributed by atoms with Gasteiger partial charge in [-0.25, -0.2) is 9.78 Å². The van der Waals surface area contributed by atoms with Gasteiger partial charge in [0.15, 0.2) is 5.82 Å². The number of fused-ring (bicyclic) bond motifs is 2. The Kier molecular flexibility index (Phi) is 7.50. The number of carbonyl (C=O) groups excluding carboxylic acids is 1. The van der Waals surface area contributed by atoms with Crippen LogP contribution in [0.1, 0.15) is 68.0 Å². The SMILES string of the molecule is CC(C)(C)OC(=O)Nc1sc2c(c1C#N)C1(CCC2)CN(c2nc(OCC3(CN4CCOCC4)CC3)ncc2C#N)C1. The van der Waals surface area contributed by atoms with Crippen LogP contribution in [0.5, 0.6) is 6.01 Å². The Bertz CT molecular complexity index is 1440. The number of carbonyl (C=O) groups is 1. The number of ether oxygens (including phenoxy) is 3.